The molecule has 0 bridgehead atoms. The quantitative estimate of drug-likeness (QED) is 0.386. The van der Waals surface area contributed by atoms with Crippen LogP contribution in [0.4, 0.5) is 22.7 Å². The molecule has 0 aliphatic heterocycles. The third-order valence-corrected chi connectivity index (χ3v) is 4.27. The molecule has 0 amide bonds. The zero-order valence-corrected chi connectivity index (χ0v) is 15.2. The van der Waals surface area contributed by atoms with Gasteiger partial charge in [-0.2, -0.15) is 15.3 Å². The van der Waals surface area contributed by atoms with Crippen LogP contribution in [0.15, 0.2) is 110 Å². The molecule has 4 aromatic rings. The summed E-state index contributed by atoms with van der Waals surface area (Å²) in [5.74, 6) is 0. The number of nitrogens with zero attached hydrogens (tertiary/aromatic N) is 5. The highest BCUT2D eigenvalue weighted by Crippen LogP contribution is 2.23. The Hall–Kier alpha value is -3.93. The van der Waals surface area contributed by atoms with E-state index in [-0.39, 0.29) is 5.56 Å². The number of benzene rings is 3. The second kappa shape index (κ2) is 7.75. The van der Waals surface area contributed by atoms with Crippen LogP contribution in [0.3, 0.4) is 0 Å². The largest absolute Gasteiger partial charge is 0.309 e. The van der Waals surface area contributed by atoms with Crippen molar-refractivity contribution in [2.75, 3.05) is 0 Å². The number of aryl methyl sites for hydroxylation is 1. The summed E-state index contributed by atoms with van der Waals surface area (Å²) >= 11 is 0. The molecule has 6 nitrogen and oxygen atoms in total. The molecule has 0 fully saturated rings. The zero-order valence-electron chi connectivity index (χ0n) is 15.2. The second-order valence-electron chi connectivity index (χ2n) is 6.20. The minimum absolute atomic E-state index is 0.185. The van der Waals surface area contributed by atoms with Gasteiger partial charge in [-0.05, 0) is 48.5 Å². The summed E-state index contributed by atoms with van der Waals surface area (Å²) in [4.78, 5) is 12.5. The van der Waals surface area contributed by atoms with Crippen molar-refractivity contribution in [2.24, 2.45) is 27.5 Å². The number of pyridine rings is 1. The van der Waals surface area contributed by atoms with Crippen molar-refractivity contribution in [3.8, 4) is 0 Å². The molecule has 136 valence electrons. The molecule has 0 N–H and O–H groups in total. The Labute approximate surface area is 161 Å². The van der Waals surface area contributed by atoms with Gasteiger partial charge in [0, 0.05) is 12.4 Å². The Morgan fingerprint density at radius 3 is 1.86 bits per heavy atom. The topological polar surface area (TPSA) is 71.4 Å². The Kier molecular flexibility index (Phi) is 4.84. The molecule has 0 aliphatic carbocycles. The number of azo groups is 2. The minimum Gasteiger partial charge on any atom is -0.309 e. The number of fused-ring (bicyclic) bond motifs is 1. The molecule has 4 rings (SSSR count). The molecule has 0 aliphatic rings. The molecule has 0 saturated heterocycles. The molecule has 0 spiro atoms. The molecule has 0 saturated carbocycles. The van der Waals surface area contributed by atoms with E-state index >= 15 is 0 Å². The van der Waals surface area contributed by atoms with Gasteiger partial charge in [-0.1, -0.05) is 36.4 Å². The van der Waals surface area contributed by atoms with Gasteiger partial charge in [-0.25, -0.2) is 0 Å². The third kappa shape index (κ3) is 3.76. The Morgan fingerprint density at radius 1 is 0.643 bits per heavy atom. The molecule has 1 heterocycles. The van der Waals surface area contributed by atoms with E-state index < -0.39 is 0 Å². The Balaban J connectivity index is 1.55. The van der Waals surface area contributed by atoms with E-state index in [1.54, 1.807) is 41.9 Å². The van der Waals surface area contributed by atoms with Gasteiger partial charge in [0.2, 0.25) is 0 Å². The van der Waals surface area contributed by atoms with E-state index in [1.165, 1.54) is 0 Å². The molecule has 6 heteroatoms. The Morgan fingerprint density at radius 2 is 1.18 bits per heavy atom. The monoisotopic (exact) mass is 367 g/mol. The lowest BCUT2D eigenvalue weighted by Crippen LogP contribution is -2.16. The van der Waals surface area contributed by atoms with Gasteiger partial charge in [-0.15, -0.1) is 5.11 Å². The average Bonchev–Trinajstić information content (AvgIpc) is 2.75. The summed E-state index contributed by atoms with van der Waals surface area (Å²) in [7, 11) is 1.73. The molecule has 0 unspecified atom stereocenters. The summed E-state index contributed by atoms with van der Waals surface area (Å²) in [6.45, 7) is 0. The van der Waals surface area contributed by atoms with Gasteiger partial charge in [0.05, 0.1) is 22.6 Å². The molecular weight excluding hydrogens is 350 g/mol. The van der Waals surface area contributed by atoms with Gasteiger partial charge in [0.25, 0.3) is 5.56 Å². The third-order valence-electron chi connectivity index (χ3n) is 4.27. The maximum atomic E-state index is 12.5. The molecular formula is C22H17N5O. The first-order valence-electron chi connectivity index (χ1n) is 8.78. The van der Waals surface area contributed by atoms with Gasteiger partial charge in [0.15, 0.2) is 5.69 Å². The number of aromatic nitrogens is 1. The van der Waals surface area contributed by atoms with E-state index in [4.69, 9.17) is 0 Å². The highest BCUT2D eigenvalue weighted by molar-refractivity contribution is 5.81. The minimum atomic E-state index is -0.185. The molecule has 3 aromatic carbocycles. The normalized spacial score (nSPS) is 11.6. The van der Waals surface area contributed by atoms with Crippen LogP contribution in [0.5, 0.6) is 0 Å². The van der Waals surface area contributed by atoms with Crippen molar-refractivity contribution in [1.29, 1.82) is 0 Å². The number of para-hydroxylation sites is 1. The van der Waals surface area contributed by atoms with E-state index in [9.17, 15) is 4.79 Å². The lowest BCUT2D eigenvalue weighted by atomic mass is 10.2. The second-order valence-corrected chi connectivity index (χ2v) is 6.20. The van der Waals surface area contributed by atoms with Crippen molar-refractivity contribution in [1.82, 2.24) is 4.57 Å². The maximum Gasteiger partial charge on any atom is 0.278 e. The van der Waals surface area contributed by atoms with E-state index in [0.29, 0.717) is 17.1 Å². The van der Waals surface area contributed by atoms with Crippen molar-refractivity contribution in [2.45, 2.75) is 0 Å². The average molecular weight is 367 g/mol. The zero-order chi connectivity index (χ0) is 19.3. The first kappa shape index (κ1) is 17.5. The van der Waals surface area contributed by atoms with E-state index in [1.807, 2.05) is 54.6 Å². The maximum absolute atomic E-state index is 12.5. The smallest absolute Gasteiger partial charge is 0.278 e. The summed E-state index contributed by atoms with van der Waals surface area (Å²) in [6.07, 6.45) is 0. The van der Waals surface area contributed by atoms with E-state index in [0.717, 1.165) is 16.6 Å². The summed E-state index contributed by atoms with van der Waals surface area (Å²) in [5.41, 5.74) is 3.11. The van der Waals surface area contributed by atoms with Crippen LogP contribution in [-0.4, -0.2) is 4.57 Å². The van der Waals surface area contributed by atoms with Crippen molar-refractivity contribution >= 4 is 33.7 Å². The van der Waals surface area contributed by atoms with Crippen LogP contribution >= 0.6 is 0 Å². The molecule has 0 atom stereocenters. The van der Waals surface area contributed by atoms with Crippen LogP contribution in [-0.2, 0) is 7.05 Å². The number of rotatable bonds is 4. The van der Waals surface area contributed by atoms with Crippen LogP contribution < -0.4 is 5.56 Å². The highest BCUT2D eigenvalue weighted by atomic mass is 16.1. The molecule has 1 aromatic heterocycles. The van der Waals surface area contributed by atoms with Gasteiger partial charge in [-0.3, -0.25) is 4.79 Å². The molecule has 0 radical (unpaired) electrons. The van der Waals surface area contributed by atoms with Crippen molar-refractivity contribution in [3.63, 3.8) is 0 Å². The fraction of sp³-hybridized carbons (Fsp3) is 0.0455. The van der Waals surface area contributed by atoms with Crippen LogP contribution in [0, 0.1) is 0 Å². The SMILES string of the molecule is Cn1c(=O)c(/N=N/c2ccc(/N=N/c3ccccc3)cc2)cc2ccccc21. The van der Waals surface area contributed by atoms with Crippen LogP contribution in [0.2, 0.25) is 0 Å². The number of hydrogen-bond acceptors (Lipinski definition) is 5. The van der Waals surface area contributed by atoms with Crippen molar-refractivity contribution in [3.05, 3.63) is 95.3 Å². The first-order chi connectivity index (χ1) is 13.7. The number of hydrogen-bond donors (Lipinski definition) is 0. The van der Waals surface area contributed by atoms with Crippen LogP contribution in [0.25, 0.3) is 10.9 Å². The van der Waals surface area contributed by atoms with Crippen LogP contribution in [0.1, 0.15) is 0 Å². The van der Waals surface area contributed by atoms with Gasteiger partial charge in [0.1, 0.15) is 0 Å². The van der Waals surface area contributed by atoms with Gasteiger partial charge < -0.3 is 4.57 Å². The summed E-state index contributed by atoms with van der Waals surface area (Å²) < 4.78 is 1.58. The highest BCUT2D eigenvalue weighted by Gasteiger charge is 2.05. The van der Waals surface area contributed by atoms with Gasteiger partial charge >= 0.3 is 0 Å². The first-order valence-corrected chi connectivity index (χ1v) is 8.78. The lowest BCUT2D eigenvalue weighted by molar-refractivity contribution is 0.902. The standard InChI is InChI=1S/C22H17N5O/c1-27-21-10-6-5-7-16(21)15-20(22(27)28)26-25-19-13-11-18(12-14-19)24-23-17-8-3-2-4-9-17/h2-15H,1H3/b24-23+,26-25+. The fourth-order valence-corrected chi connectivity index (χ4v) is 2.78. The fourth-order valence-electron chi connectivity index (χ4n) is 2.78. The Bertz CT molecular complexity index is 1230. The summed E-state index contributed by atoms with van der Waals surface area (Å²) in [6, 6.07) is 26.1. The predicted octanol–water partition coefficient (Wildman–Crippen LogP) is 6.37. The lowest BCUT2D eigenvalue weighted by Gasteiger charge is -2.05. The summed E-state index contributed by atoms with van der Waals surface area (Å²) in [5, 5.41) is 17.6. The molecule has 28 heavy (non-hydrogen) atoms. The van der Waals surface area contributed by atoms with E-state index in [2.05, 4.69) is 20.5 Å². The predicted molar refractivity (Wildman–Crippen MR) is 110 cm³/mol. The van der Waals surface area contributed by atoms with Crippen molar-refractivity contribution < 1.29 is 0 Å².